The normalized spacial score (nSPS) is 12.3. The van der Waals surface area contributed by atoms with Crippen LogP contribution in [0.1, 0.15) is 55.9 Å². The Morgan fingerprint density at radius 1 is 0.930 bits per heavy atom. The van der Waals surface area contributed by atoms with Gasteiger partial charge in [0, 0.05) is 31.9 Å². The predicted molar refractivity (Wildman–Crippen MR) is 168 cm³/mol. The van der Waals surface area contributed by atoms with Gasteiger partial charge in [-0.05, 0) is 77.2 Å². The molecule has 4 rings (SSSR count). The number of carbonyl (C=O) groups excluding carboxylic acids is 3. The fourth-order valence-corrected chi connectivity index (χ4v) is 5.82. The van der Waals surface area contributed by atoms with Gasteiger partial charge in [-0.15, -0.1) is 11.3 Å². The zero-order valence-corrected chi connectivity index (χ0v) is 25.2. The van der Waals surface area contributed by atoms with Gasteiger partial charge in [-0.3, -0.25) is 19.4 Å². The van der Waals surface area contributed by atoms with Crippen molar-refractivity contribution >= 4 is 29.1 Å². The summed E-state index contributed by atoms with van der Waals surface area (Å²) in [5.41, 5.74) is 16.3. The molecule has 6 N–H and O–H groups in total. The van der Waals surface area contributed by atoms with E-state index in [9.17, 15) is 14.4 Å². The third kappa shape index (κ3) is 8.50. The second-order valence-electron chi connectivity index (χ2n) is 10.2. The van der Waals surface area contributed by atoms with Crippen LogP contribution in [0.2, 0.25) is 0 Å². The minimum atomic E-state index is -0.864. The highest BCUT2D eigenvalue weighted by atomic mass is 32.1. The number of nitrogens with two attached hydrogens (primary N) is 2. The van der Waals surface area contributed by atoms with Crippen molar-refractivity contribution in [1.29, 1.82) is 0 Å². The highest BCUT2D eigenvalue weighted by Gasteiger charge is 2.30. The Labute approximate surface area is 255 Å². The zero-order chi connectivity index (χ0) is 30.8. The van der Waals surface area contributed by atoms with E-state index in [2.05, 4.69) is 15.6 Å². The van der Waals surface area contributed by atoms with Crippen LogP contribution in [0.15, 0.2) is 78.4 Å². The first-order chi connectivity index (χ1) is 20.8. The molecule has 224 valence electrons. The molecule has 10 heteroatoms. The first-order valence-electron chi connectivity index (χ1n) is 14.1. The zero-order valence-electron chi connectivity index (χ0n) is 24.3. The summed E-state index contributed by atoms with van der Waals surface area (Å²) in [6.45, 7) is 4.99. The Balaban J connectivity index is 1.59. The van der Waals surface area contributed by atoms with Crippen molar-refractivity contribution in [1.82, 2.24) is 15.6 Å². The molecule has 0 fully saturated rings. The van der Waals surface area contributed by atoms with Crippen LogP contribution >= 0.6 is 11.3 Å². The lowest BCUT2D eigenvalue weighted by Crippen LogP contribution is -2.49. The molecule has 43 heavy (non-hydrogen) atoms. The number of rotatable bonds is 14. The van der Waals surface area contributed by atoms with E-state index in [1.807, 2.05) is 61.5 Å². The summed E-state index contributed by atoms with van der Waals surface area (Å²) in [4.78, 5) is 44.2. The average molecular weight is 600 g/mol. The van der Waals surface area contributed by atoms with Crippen molar-refractivity contribution in [2.24, 2.45) is 11.5 Å². The van der Waals surface area contributed by atoms with Crippen LogP contribution in [0, 0.1) is 6.92 Å². The number of primary amides is 1. The van der Waals surface area contributed by atoms with E-state index in [1.54, 1.807) is 30.8 Å². The van der Waals surface area contributed by atoms with Crippen molar-refractivity contribution in [3.8, 4) is 5.75 Å². The molecule has 0 saturated carbocycles. The lowest BCUT2D eigenvalue weighted by Gasteiger charge is -2.23. The molecule has 0 unspecified atom stereocenters. The van der Waals surface area contributed by atoms with Crippen LogP contribution < -0.4 is 26.8 Å². The number of benzene rings is 2. The predicted octanol–water partition coefficient (Wildman–Crippen LogP) is 3.78. The molecular weight excluding hydrogens is 562 g/mol. The van der Waals surface area contributed by atoms with Crippen LogP contribution in [0.5, 0.6) is 5.75 Å². The molecule has 2 aromatic heterocycles. The summed E-state index contributed by atoms with van der Waals surface area (Å²) in [6, 6.07) is 18.0. The number of hydrogen-bond donors (Lipinski definition) is 4. The van der Waals surface area contributed by atoms with Gasteiger partial charge in [-0.2, -0.15) is 0 Å². The van der Waals surface area contributed by atoms with Gasteiger partial charge in [0.05, 0.1) is 17.4 Å². The molecular formula is C33H37N5O4S. The molecule has 0 spiro atoms. The first-order valence-corrected chi connectivity index (χ1v) is 15.0. The van der Waals surface area contributed by atoms with E-state index in [0.29, 0.717) is 42.1 Å². The van der Waals surface area contributed by atoms with Crippen molar-refractivity contribution in [3.05, 3.63) is 117 Å². The van der Waals surface area contributed by atoms with Gasteiger partial charge in [-0.1, -0.05) is 42.5 Å². The molecule has 0 aliphatic rings. The van der Waals surface area contributed by atoms with E-state index in [0.717, 1.165) is 28.0 Å². The smallest absolute Gasteiger partial charge is 0.259 e. The second-order valence-corrected chi connectivity index (χ2v) is 11.1. The summed E-state index contributed by atoms with van der Waals surface area (Å²) < 4.78 is 5.56. The Hall–Kier alpha value is -4.54. The van der Waals surface area contributed by atoms with Gasteiger partial charge in [0.1, 0.15) is 11.8 Å². The largest absolute Gasteiger partial charge is 0.494 e. The molecule has 2 heterocycles. The lowest BCUT2D eigenvalue weighted by atomic mass is 9.89. The van der Waals surface area contributed by atoms with Crippen molar-refractivity contribution in [2.45, 2.75) is 51.7 Å². The Bertz CT molecular complexity index is 1520. The molecule has 0 bridgehead atoms. The number of hydrogen-bond acceptors (Lipinski definition) is 7. The van der Waals surface area contributed by atoms with Gasteiger partial charge in [0.15, 0.2) is 0 Å². The molecule has 0 aliphatic carbocycles. The standard InChI is InChI=1S/C33H37N5O4S/c1-3-42-26-12-10-22(11-13-26)15-27(28-20-43-30(21(28)2)31(35)39)32(40)38-29(16-25-5-4-14-36-18-25)33(41)37-19-24-8-6-23(17-34)7-9-24/h4-14,18,20,27,29H,3,15-17,19,34H2,1-2H3,(H2,35,39)(H,37,41)(H,38,40)/t27-,29+/m1/s1. The lowest BCUT2D eigenvalue weighted by molar-refractivity contribution is -0.129. The van der Waals surface area contributed by atoms with Gasteiger partial charge < -0.3 is 26.8 Å². The molecule has 2 aromatic carbocycles. The summed E-state index contributed by atoms with van der Waals surface area (Å²) >= 11 is 1.22. The molecule has 4 aromatic rings. The number of nitrogens with zero attached hydrogens (tertiary/aromatic N) is 1. The molecule has 9 nitrogen and oxygen atoms in total. The summed E-state index contributed by atoms with van der Waals surface area (Å²) in [5.74, 6) is -1.12. The Morgan fingerprint density at radius 2 is 1.63 bits per heavy atom. The van der Waals surface area contributed by atoms with Gasteiger partial charge in [0.25, 0.3) is 5.91 Å². The van der Waals surface area contributed by atoms with Crippen LogP contribution in [0.25, 0.3) is 0 Å². The van der Waals surface area contributed by atoms with E-state index in [-0.39, 0.29) is 18.2 Å². The van der Waals surface area contributed by atoms with Crippen LogP contribution in [-0.2, 0) is 35.5 Å². The quantitative estimate of drug-likeness (QED) is 0.173. The van der Waals surface area contributed by atoms with Crippen LogP contribution in [0.3, 0.4) is 0 Å². The average Bonchev–Trinajstić information content (AvgIpc) is 3.41. The van der Waals surface area contributed by atoms with Crippen LogP contribution in [0.4, 0.5) is 0 Å². The van der Waals surface area contributed by atoms with E-state index in [4.69, 9.17) is 16.2 Å². The molecule has 0 saturated heterocycles. The molecule has 0 radical (unpaired) electrons. The SMILES string of the molecule is CCOc1ccc(C[C@@H](C(=O)N[C@@H](Cc2cccnc2)C(=O)NCc2ccc(CN)cc2)c2csc(C(N)=O)c2C)cc1. The number of nitrogens with one attached hydrogen (secondary N) is 2. The fraction of sp³-hybridized carbons (Fsp3) is 0.273. The maximum atomic E-state index is 14.0. The summed E-state index contributed by atoms with van der Waals surface area (Å²) in [6.07, 6.45) is 3.94. The van der Waals surface area contributed by atoms with Gasteiger partial charge >= 0.3 is 0 Å². The maximum Gasteiger partial charge on any atom is 0.259 e. The summed E-state index contributed by atoms with van der Waals surface area (Å²) in [5, 5.41) is 7.77. The van der Waals surface area contributed by atoms with Gasteiger partial charge in [-0.25, -0.2) is 0 Å². The van der Waals surface area contributed by atoms with Gasteiger partial charge in [0.2, 0.25) is 11.8 Å². The monoisotopic (exact) mass is 599 g/mol. The fourth-order valence-electron chi connectivity index (χ4n) is 4.83. The van der Waals surface area contributed by atoms with Crippen molar-refractivity contribution in [3.63, 3.8) is 0 Å². The molecule has 0 aliphatic heterocycles. The maximum absolute atomic E-state index is 14.0. The topological polar surface area (TPSA) is 149 Å². The second kappa shape index (κ2) is 15.1. The minimum absolute atomic E-state index is 0.252. The van der Waals surface area contributed by atoms with E-state index < -0.39 is 17.9 Å². The number of pyridine rings is 1. The molecule has 3 amide bonds. The number of aromatic nitrogens is 1. The molecule has 2 atom stereocenters. The summed E-state index contributed by atoms with van der Waals surface area (Å²) in [7, 11) is 0. The van der Waals surface area contributed by atoms with Crippen LogP contribution in [-0.4, -0.2) is 35.4 Å². The number of carbonyl (C=O) groups is 3. The van der Waals surface area contributed by atoms with Crippen molar-refractivity contribution < 1.29 is 19.1 Å². The Kier molecular flexibility index (Phi) is 11.0. The third-order valence-electron chi connectivity index (χ3n) is 7.19. The van der Waals surface area contributed by atoms with E-state index in [1.165, 1.54) is 11.3 Å². The van der Waals surface area contributed by atoms with E-state index >= 15 is 0 Å². The highest BCUT2D eigenvalue weighted by Crippen LogP contribution is 2.31. The Morgan fingerprint density at radius 3 is 2.23 bits per heavy atom. The number of thiophene rings is 1. The minimum Gasteiger partial charge on any atom is -0.494 e. The highest BCUT2D eigenvalue weighted by molar-refractivity contribution is 7.12. The third-order valence-corrected chi connectivity index (χ3v) is 8.30. The number of ether oxygens (including phenoxy) is 1. The first kappa shape index (κ1) is 31.4. The van der Waals surface area contributed by atoms with Crippen molar-refractivity contribution in [2.75, 3.05) is 6.61 Å². The number of amides is 3.